The number of alkyl halides is 3. The van der Waals surface area contributed by atoms with Crippen LogP contribution >= 0.6 is 0 Å². The van der Waals surface area contributed by atoms with Crippen LogP contribution in [-0.2, 0) is 5.41 Å². The third-order valence-corrected chi connectivity index (χ3v) is 3.43. The Bertz CT molecular complexity index is 749. The van der Waals surface area contributed by atoms with E-state index in [1.807, 2.05) is 20.8 Å². The van der Waals surface area contributed by atoms with Crippen LogP contribution in [0.3, 0.4) is 0 Å². The molecule has 0 saturated carbocycles. The first-order valence-corrected chi connectivity index (χ1v) is 7.89. The standard InChI is InChI=1S/C17H20F3N3O3/c1-10(12-6-5-11(8-21-12)25-9-17(18,19)20)22-15(24)13-7-14(26-23-13)16(2,3)4/h5-8,10H,9H2,1-4H3,(H,22,24). The van der Waals surface area contributed by atoms with Crippen LogP contribution in [0.5, 0.6) is 5.75 Å². The maximum atomic E-state index is 12.2. The molecule has 1 amide bonds. The SMILES string of the molecule is CC(NC(=O)c1cc(C(C)(C)C)on1)c1ccc(OCC(F)(F)F)cn1. The summed E-state index contributed by atoms with van der Waals surface area (Å²) >= 11 is 0. The number of carbonyl (C=O) groups is 1. The van der Waals surface area contributed by atoms with E-state index in [4.69, 9.17) is 4.52 Å². The lowest BCUT2D eigenvalue weighted by Crippen LogP contribution is -2.27. The molecule has 26 heavy (non-hydrogen) atoms. The van der Waals surface area contributed by atoms with Crippen molar-refractivity contribution >= 4 is 5.91 Å². The Morgan fingerprint density at radius 2 is 2.00 bits per heavy atom. The molecular weight excluding hydrogens is 351 g/mol. The topological polar surface area (TPSA) is 77.2 Å². The van der Waals surface area contributed by atoms with Crippen molar-refractivity contribution in [2.75, 3.05) is 6.61 Å². The Morgan fingerprint density at radius 1 is 1.31 bits per heavy atom. The Labute approximate surface area is 148 Å². The first-order valence-electron chi connectivity index (χ1n) is 7.89. The van der Waals surface area contributed by atoms with Crippen molar-refractivity contribution < 1.29 is 27.2 Å². The predicted molar refractivity (Wildman–Crippen MR) is 86.9 cm³/mol. The van der Waals surface area contributed by atoms with Gasteiger partial charge in [0.15, 0.2) is 12.3 Å². The number of nitrogens with one attached hydrogen (secondary N) is 1. The lowest BCUT2D eigenvalue weighted by atomic mass is 9.93. The maximum absolute atomic E-state index is 12.2. The molecule has 6 nitrogen and oxygen atoms in total. The highest BCUT2D eigenvalue weighted by Gasteiger charge is 2.28. The van der Waals surface area contributed by atoms with Gasteiger partial charge in [-0.1, -0.05) is 25.9 Å². The van der Waals surface area contributed by atoms with E-state index in [2.05, 4.69) is 20.2 Å². The fourth-order valence-electron chi connectivity index (χ4n) is 1.98. The Kier molecular flexibility index (Phi) is 5.58. The van der Waals surface area contributed by atoms with Crippen LogP contribution in [0.4, 0.5) is 13.2 Å². The number of ether oxygens (including phenoxy) is 1. The van der Waals surface area contributed by atoms with Crippen LogP contribution in [0.25, 0.3) is 0 Å². The maximum Gasteiger partial charge on any atom is 0.422 e. The number of hydrogen-bond acceptors (Lipinski definition) is 5. The number of amides is 1. The van der Waals surface area contributed by atoms with Gasteiger partial charge in [-0.05, 0) is 19.1 Å². The summed E-state index contributed by atoms with van der Waals surface area (Å²) in [4.78, 5) is 16.3. The summed E-state index contributed by atoms with van der Waals surface area (Å²) in [6.45, 7) is 6.11. The van der Waals surface area contributed by atoms with Gasteiger partial charge in [0.25, 0.3) is 5.91 Å². The van der Waals surface area contributed by atoms with E-state index in [1.165, 1.54) is 18.3 Å². The summed E-state index contributed by atoms with van der Waals surface area (Å²) in [6, 6.07) is 3.95. The van der Waals surface area contributed by atoms with E-state index in [1.54, 1.807) is 13.0 Å². The highest BCUT2D eigenvalue weighted by atomic mass is 19.4. The van der Waals surface area contributed by atoms with E-state index in [9.17, 15) is 18.0 Å². The minimum absolute atomic E-state index is 0.00378. The molecule has 0 aliphatic rings. The first-order chi connectivity index (χ1) is 12.0. The van der Waals surface area contributed by atoms with Gasteiger partial charge in [0.05, 0.1) is 17.9 Å². The molecule has 1 N–H and O–H groups in total. The van der Waals surface area contributed by atoms with Crippen LogP contribution in [0, 0.1) is 0 Å². The highest BCUT2D eigenvalue weighted by Crippen LogP contribution is 2.23. The van der Waals surface area contributed by atoms with Gasteiger partial charge < -0.3 is 14.6 Å². The predicted octanol–water partition coefficient (Wildman–Crippen LogP) is 3.80. The monoisotopic (exact) mass is 371 g/mol. The Morgan fingerprint density at radius 3 is 2.50 bits per heavy atom. The van der Waals surface area contributed by atoms with Crippen LogP contribution in [0.1, 0.15) is 55.7 Å². The number of aromatic nitrogens is 2. The van der Waals surface area contributed by atoms with E-state index in [0.29, 0.717) is 11.5 Å². The summed E-state index contributed by atoms with van der Waals surface area (Å²) in [7, 11) is 0. The van der Waals surface area contributed by atoms with Crippen LogP contribution in [0.2, 0.25) is 0 Å². The Hall–Kier alpha value is -2.58. The molecule has 2 heterocycles. The van der Waals surface area contributed by atoms with Crippen LogP contribution in [-0.4, -0.2) is 28.8 Å². The van der Waals surface area contributed by atoms with Crippen molar-refractivity contribution in [2.24, 2.45) is 0 Å². The minimum atomic E-state index is -4.41. The summed E-state index contributed by atoms with van der Waals surface area (Å²) in [5.74, 6) is 0.145. The van der Waals surface area contributed by atoms with Crippen molar-refractivity contribution in [3.8, 4) is 5.75 Å². The molecule has 1 atom stereocenters. The number of hydrogen-bond donors (Lipinski definition) is 1. The molecule has 0 fully saturated rings. The Balaban J connectivity index is 1.97. The average molecular weight is 371 g/mol. The molecule has 0 spiro atoms. The van der Waals surface area contributed by atoms with Crippen molar-refractivity contribution in [2.45, 2.75) is 45.3 Å². The number of halogens is 3. The molecule has 0 radical (unpaired) electrons. The summed E-state index contributed by atoms with van der Waals surface area (Å²) in [6.07, 6.45) is -3.24. The zero-order valence-electron chi connectivity index (χ0n) is 14.8. The van der Waals surface area contributed by atoms with Crippen molar-refractivity contribution in [3.63, 3.8) is 0 Å². The average Bonchev–Trinajstić information content (AvgIpc) is 3.03. The number of pyridine rings is 1. The molecule has 2 rings (SSSR count). The molecule has 2 aromatic rings. The molecule has 0 bridgehead atoms. The third kappa shape index (κ3) is 5.47. The zero-order valence-corrected chi connectivity index (χ0v) is 14.8. The van der Waals surface area contributed by atoms with Gasteiger partial charge in [0.1, 0.15) is 11.5 Å². The lowest BCUT2D eigenvalue weighted by molar-refractivity contribution is -0.153. The second-order valence-corrected chi connectivity index (χ2v) is 6.84. The van der Waals surface area contributed by atoms with Crippen LogP contribution < -0.4 is 10.1 Å². The quantitative estimate of drug-likeness (QED) is 0.865. The summed E-state index contributed by atoms with van der Waals surface area (Å²) in [5.41, 5.74) is 0.342. The second kappa shape index (κ2) is 7.35. The molecule has 2 aromatic heterocycles. The minimum Gasteiger partial charge on any atom is -0.483 e. The number of rotatable bonds is 5. The van der Waals surface area contributed by atoms with Gasteiger partial charge in [-0.3, -0.25) is 9.78 Å². The third-order valence-electron chi connectivity index (χ3n) is 3.43. The molecular formula is C17H20F3N3O3. The lowest BCUT2D eigenvalue weighted by Gasteiger charge is -2.14. The van der Waals surface area contributed by atoms with E-state index in [-0.39, 0.29) is 16.9 Å². The van der Waals surface area contributed by atoms with Gasteiger partial charge in [-0.15, -0.1) is 0 Å². The molecule has 142 valence electrons. The molecule has 0 saturated heterocycles. The van der Waals surface area contributed by atoms with Crippen molar-refractivity contribution in [1.82, 2.24) is 15.5 Å². The second-order valence-electron chi connectivity index (χ2n) is 6.84. The van der Waals surface area contributed by atoms with E-state index < -0.39 is 24.7 Å². The highest BCUT2D eigenvalue weighted by molar-refractivity contribution is 5.92. The van der Waals surface area contributed by atoms with E-state index >= 15 is 0 Å². The molecule has 0 aliphatic heterocycles. The first kappa shape index (κ1) is 19.7. The fourth-order valence-corrected chi connectivity index (χ4v) is 1.98. The number of carbonyl (C=O) groups excluding carboxylic acids is 1. The fraction of sp³-hybridized carbons (Fsp3) is 0.471. The van der Waals surface area contributed by atoms with Crippen molar-refractivity contribution in [3.05, 3.63) is 41.5 Å². The normalized spacial score (nSPS) is 13.3. The van der Waals surface area contributed by atoms with Gasteiger partial charge in [0.2, 0.25) is 0 Å². The number of nitrogens with zero attached hydrogens (tertiary/aromatic N) is 2. The molecule has 0 aliphatic carbocycles. The van der Waals surface area contributed by atoms with Gasteiger partial charge in [-0.25, -0.2) is 0 Å². The van der Waals surface area contributed by atoms with E-state index in [0.717, 1.165) is 0 Å². The van der Waals surface area contributed by atoms with Gasteiger partial charge >= 0.3 is 6.18 Å². The van der Waals surface area contributed by atoms with Gasteiger partial charge in [0, 0.05) is 11.5 Å². The molecule has 1 unspecified atom stereocenters. The summed E-state index contributed by atoms with van der Waals surface area (Å²) in [5, 5.41) is 6.46. The van der Waals surface area contributed by atoms with Crippen LogP contribution in [0.15, 0.2) is 28.9 Å². The molecule has 9 heteroatoms. The largest absolute Gasteiger partial charge is 0.483 e. The smallest absolute Gasteiger partial charge is 0.422 e. The molecule has 0 aromatic carbocycles. The van der Waals surface area contributed by atoms with Gasteiger partial charge in [-0.2, -0.15) is 13.2 Å². The summed E-state index contributed by atoms with van der Waals surface area (Å²) < 4.78 is 46.1. The zero-order chi connectivity index (χ0) is 19.5. The van der Waals surface area contributed by atoms with Crippen molar-refractivity contribution in [1.29, 1.82) is 0 Å².